The average Bonchev–Trinajstić information content (AvgIpc) is 2.35. The van der Waals surface area contributed by atoms with E-state index in [1.54, 1.807) is 0 Å². The van der Waals surface area contributed by atoms with Gasteiger partial charge in [0.15, 0.2) is 0 Å². The maximum atomic E-state index is 12.8. The molecular formula is C11H13F2N3O3. The Balaban J connectivity index is 2.94. The predicted molar refractivity (Wildman–Crippen MR) is 65.2 cm³/mol. The standard InChI is InChI=1S/C11H13F2N3O3/c1-15(2)10(17)6-14-9-4-3-7(16(18)19)5-8(9)11(12)13/h3-5,11,14H,6H2,1-2H3. The summed E-state index contributed by atoms with van der Waals surface area (Å²) in [6, 6.07) is 3.07. The lowest BCUT2D eigenvalue weighted by atomic mass is 10.1. The maximum Gasteiger partial charge on any atom is 0.270 e. The number of nitro benzene ring substituents is 1. The number of likely N-dealkylation sites (N-methyl/N-ethyl adjacent to an activating group) is 1. The second-order valence-electron chi connectivity index (χ2n) is 3.97. The quantitative estimate of drug-likeness (QED) is 0.658. The summed E-state index contributed by atoms with van der Waals surface area (Å²) in [5.74, 6) is -0.293. The molecule has 1 aromatic carbocycles. The van der Waals surface area contributed by atoms with Crippen LogP contribution >= 0.6 is 0 Å². The molecule has 1 amide bonds. The molecule has 1 N–H and O–H groups in total. The lowest BCUT2D eigenvalue weighted by Crippen LogP contribution is -2.28. The van der Waals surface area contributed by atoms with E-state index >= 15 is 0 Å². The van der Waals surface area contributed by atoms with Crippen LogP contribution in [-0.2, 0) is 4.79 Å². The number of rotatable bonds is 5. The minimum Gasteiger partial charge on any atom is -0.376 e. The largest absolute Gasteiger partial charge is 0.376 e. The summed E-state index contributed by atoms with van der Waals surface area (Å²) in [6.45, 7) is -0.162. The minimum atomic E-state index is -2.86. The lowest BCUT2D eigenvalue weighted by molar-refractivity contribution is -0.385. The molecule has 1 aromatic rings. The van der Waals surface area contributed by atoms with Crippen molar-refractivity contribution in [1.82, 2.24) is 4.90 Å². The van der Waals surface area contributed by atoms with Crippen molar-refractivity contribution in [3.05, 3.63) is 33.9 Å². The van der Waals surface area contributed by atoms with Crippen molar-refractivity contribution in [1.29, 1.82) is 0 Å². The summed E-state index contributed by atoms with van der Waals surface area (Å²) >= 11 is 0. The number of benzene rings is 1. The van der Waals surface area contributed by atoms with Gasteiger partial charge in [-0.05, 0) is 6.07 Å². The Morgan fingerprint density at radius 1 is 1.47 bits per heavy atom. The van der Waals surface area contributed by atoms with Gasteiger partial charge in [0, 0.05) is 37.5 Å². The summed E-state index contributed by atoms with van der Waals surface area (Å²) in [7, 11) is 3.07. The fourth-order valence-electron chi connectivity index (χ4n) is 1.33. The smallest absolute Gasteiger partial charge is 0.270 e. The number of hydrogen-bond donors (Lipinski definition) is 1. The molecule has 0 spiro atoms. The number of non-ortho nitro benzene ring substituents is 1. The Morgan fingerprint density at radius 2 is 2.11 bits per heavy atom. The Kier molecular flexibility index (Phi) is 4.74. The van der Waals surface area contributed by atoms with Gasteiger partial charge in [0.05, 0.1) is 11.5 Å². The van der Waals surface area contributed by atoms with Gasteiger partial charge in [0.1, 0.15) is 0 Å². The molecule has 0 aliphatic heterocycles. The van der Waals surface area contributed by atoms with Gasteiger partial charge in [-0.25, -0.2) is 8.78 Å². The number of nitrogens with one attached hydrogen (secondary N) is 1. The molecule has 1 rings (SSSR count). The molecule has 0 atom stereocenters. The molecule has 0 heterocycles. The van der Waals surface area contributed by atoms with Crippen LogP contribution in [-0.4, -0.2) is 36.4 Å². The van der Waals surface area contributed by atoms with Crippen molar-refractivity contribution < 1.29 is 18.5 Å². The highest BCUT2D eigenvalue weighted by Crippen LogP contribution is 2.30. The van der Waals surface area contributed by atoms with Gasteiger partial charge in [0.25, 0.3) is 12.1 Å². The fraction of sp³-hybridized carbons (Fsp3) is 0.364. The van der Waals surface area contributed by atoms with Crippen molar-refractivity contribution in [3.63, 3.8) is 0 Å². The first kappa shape index (κ1) is 14.8. The highest BCUT2D eigenvalue weighted by molar-refractivity contribution is 5.80. The first-order valence-corrected chi connectivity index (χ1v) is 5.33. The molecule has 0 saturated carbocycles. The van der Waals surface area contributed by atoms with Crippen LogP contribution in [0.3, 0.4) is 0 Å². The Bertz CT molecular complexity index is 492. The highest BCUT2D eigenvalue weighted by atomic mass is 19.3. The third-order valence-corrected chi connectivity index (χ3v) is 2.41. The normalized spacial score (nSPS) is 10.4. The minimum absolute atomic E-state index is 0.0100. The van der Waals surface area contributed by atoms with Crippen molar-refractivity contribution >= 4 is 17.3 Å². The van der Waals surface area contributed by atoms with Gasteiger partial charge in [-0.3, -0.25) is 14.9 Å². The summed E-state index contributed by atoms with van der Waals surface area (Å²) in [4.78, 5) is 22.4. The van der Waals surface area contributed by atoms with E-state index in [4.69, 9.17) is 0 Å². The molecule has 0 radical (unpaired) electrons. The van der Waals surface area contributed by atoms with E-state index < -0.39 is 22.6 Å². The Hall–Kier alpha value is -2.25. The summed E-state index contributed by atoms with van der Waals surface area (Å²) in [5, 5.41) is 13.1. The molecule has 8 heteroatoms. The molecule has 0 saturated heterocycles. The topological polar surface area (TPSA) is 75.5 Å². The molecule has 19 heavy (non-hydrogen) atoms. The van der Waals surface area contributed by atoms with Crippen LogP contribution in [0.2, 0.25) is 0 Å². The van der Waals surface area contributed by atoms with E-state index in [1.807, 2.05) is 0 Å². The molecule has 0 bridgehead atoms. The first-order chi connectivity index (χ1) is 8.82. The number of halogens is 2. The van der Waals surface area contributed by atoms with E-state index in [9.17, 15) is 23.7 Å². The number of alkyl halides is 2. The van der Waals surface area contributed by atoms with Gasteiger partial charge < -0.3 is 10.2 Å². The predicted octanol–water partition coefficient (Wildman–Crippen LogP) is 2.03. The lowest BCUT2D eigenvalue weighted by Gasteiger charge is -2.14. The van der Waals surface area contributed by atoms with Crippen LogP contribution in [0.4, 0.5) is 20.2 Å². The second kappa shape index (κ2) is 6.07. The van der Waals surface area contributed by atoms with Gasteiger partial charge in [0.2, 0.25) is 5.91 Å². The summed E-state index contributed by atoms with van der Waals surface area (Å²) in [6.07, 6.45) is -2.86. The van der Waals surface area contributed by atoms with E-state index in [0.717, 1.165) is 12.1 Å². The SMILES string of the molecule is CN(C)C(=O)CNc1ccc([N+](=O)[O-])cc1C(F)F. The third-order valence-electron chi connectivity index (χ3n) is 2.41. The molecular weight excluding hydrogens is 260 g/mol. The highest BCUT2D eigenvalue weighted by Gasteiger charge is 2.18. The number of nitrogens with zero attached hydrogens (tertiary/aromatic N) is 2. The van der Waals surface area contributed by atoms with Crippen LogP contribution in [0.25, 0.3) is 0 Å². The van der Waals surface area contributed by atoms with Crippen molar-refractivity contribution in [2.45, 2.75) is 6.43 Å². The molecule has 0 aliphatic carbocycles. The molecule has 6 nitrogen and oxygen atoms in total. The van der Waals surface area contributed by atoms with E-state index in [-0.39, 0.29) is 18.1 Å². The van der Waals surface area contributed by atoms with Crippen molar-refractivity contribution in [2.24, 2.45) is 0 Å². The number of carbonyl (C=O) groups is 1. The number of amides is 1. The van der Waals surface area contributed by atoms with Gasteiger partial charge >= 0.3 is 0 Å². The van der Waals surface area contributed by atoms with Crippen molar-refractivity contribution in [2.75, 3.05) is 26.0 Å². The van der Waals surface area contributed by atoms with Crippen molar-refractivity contribution in [3.8, 4) is 0 Å². The Morgan fingerprint density at radius 3 is 2.58 bits per heavy atom. The zero-order valence-electron chi connectivity index (χ0n) is 10.4. The van der Waals surface area contributed by atoms with Crippen LogP contribution < -0.4 is 5.32 Å². The zero-order chi connectivity index (χ0) is 14.6. The molecule has 104 valence electrons. The molecule has 0 aromatic heterocycles. The zero-order valence-corrected chi connectivity index (χ0v) is 10.4. The van der Waals surface area contributed by atoms with Crippen LogP contribution in [0.5, 0.6) is 0 Å². The Labute approximate surface area is 108 Å². The summed E-state index contributed by atoms with van der Waals surface area (Å²) in [5.41, 5.74) is -0.906. The summed E-state index contributed by atoms with van der Waals surface area (Å²) < 4.78 is 25.6. The maximum absolute atomic E-state index is 12.8. The number of carbonyl (C=O) groups excluding carboxylic acids is 1. The number of hydrogen-bond acceptors (Lipinski definition) is 4. The second-order valence-corrected chi connectivity index (χ2v) is 3.97. The van der Waals surface area contributed by atoms with Crippen LogP contribution in [0.1, 0.15) is 12.0 Å². The van der Waals surface area contributed by atoms with E-state index in [1.165, 1.54) is 25.1 Å². The van der Waals surface area contributed by atoms with Gasteiger partial charge in [-0.15, -0.1) is 0 Å². The third kappa shape index (κ3) is 3.87. The monoisotopic (exact) mass is 273 g/mol. The van der Waals surface area contributed by atoms with Crippen LogP contribution in [0, 0.1) is 10.1 Å². The molecule has 0 unspecified atom stereocenters. The fourth-order valence-corrected chi connectivity index (χ4v) is 1.33. The number of anilines is 1. The van der Waals surface area contributed by atoms with Gasteiger partial charge in [-0.2, -0.15) is 0 Å². The van der Waals surface area contributed by atoms with Gasteiger partial charge in [-0.1, -0.05) is 0 Å². The average molecular weight is 273 g/mol. The van der Waals surface area contributed by atoms with E-state index in [2.05, 4.69) is 5.32 Å². The number of nitro groups is 1. The van der Waals surface area contributed by atoms with E-state index in [0.29, 0.717) is 0 Å². The first-order valence-electron chi connectivity index (χ1n) is 5.33. The molecule has 0 aliphatic rings. The molecule has 0 fully saturated rings. The van der Waals surface area contributed by atoms with Crippen LogP contribution in [0.15, 0.2) is 18.2 Å².